The van der Waals surface area contributed by atoms with Crippen LogP contribution in [-0.4, -0.2) is 0 Å². The standard InChI is InChI=1S/C26H23N/c1-19-13-16-26(20(2)17-19)27-23-14-15-24(21-9-5-3-6-10-21)25(18-23)22-11-7-4-8-12-22/h3-18,27H,1-2H3. The van der Waals surface area contributed by atoms with Crippen LogP contribution in [-0.2, 0) is 0 Å². The summed E-state index contributed by atoms with van der Waals surface area (Å²) >= 11 is 0. The summed E-state index contributed by atoms with van der Waals surface area (Å²) < 4.78 is 0. The zero-order valence-electron chi connectivity index (χ0n) is 15.7. The van der Waals surface area contributed by atoms with Crippen molar-refractivity contribution in [1.82, 2.24) is 0 Å². The van der Waals surface area contributed by atoms with Gasteiger partial charge in [-0.15, -0.1) is 0 Å². The minimum Gasteiger partial charge on any atom is -0.355 e. The van der Waals surface area contributed by atoms with Crippen LogP contribution in [0.4, 0.5) is 11.4 Å². The van der Waals surface area contributed by atoms with E-state index in [4.69, 9.17) is 0 Å². The zero-order chi connectivity index (χ0) is 18.6. The highest BCUT2D eigenvalue weighted by Gasteiger charge is 2.09. The van der Waals surface area contributed by atoms with Crippen LogP contribution >= 0.6 is 0 Å². The topological polar surface area (TPSA) is 12.0 Å². The Morgan fingerprint density at radius 2 is 1.19 bits per heavy atom. The number of hydrogen-bond acceptors (Lipinski definition) is 1. The van der Waals surface area contributed by atoms with Gasteiger partial charge in [-0.05, 0) is 59.9 Å². The molecule has 0 unspecified atom stereocenters. The van der Waals surface area contributed by atoms with E-state index in [2.05, 4.69) is 116 Å². The van der Waals surface area contributed by atoms with Crippen LogP contribution in [0, 0.1) is 13.8 Å². The maximum atomic E-state index is 3.59. The molecule has 27 heavy (non-hydrogen) atoms. The quantitative estimate of drug-likeness (QED) is 0.405. The first kappa shape index (κ1) is 17.1. The SMILES string of the molecule is Cc1ccc(Nc2ccc(-c3ccccc3)c(-c3ccccc3)c2)c(C)c1. The predicted molar refractivity (Wildman–Crippen MR) is 117 cm³/mol. The van der Waals surface area contributed by atoms with Gasteiger partial charge in [0, 0.05) is 11.4 Å². The van der Waals surface area contributed by atoms with Crippen LogP contribution in [0.2, 0.25) is 0 Å². The van der Waals surface area contributed by atoms with E-state index in [9.17, 15) is 0 Å². The van der Waals surface area contributed by atoms with Gasteiger partial charge >= 0.3 is 0 Å². The molecule has 0 atom stereocenters. The van der Waals surface area contributed by atoms with Gasteiger partial charge in [-0.1, -0.05) is 84.4 Å². The van der Waals surface area contributed by atoms with Crippen molar-refractivity contribution in [3.8, 4) is 22.3 Å². The fourth-order valence-corrected chi connectivity index (χ4v) is 3.46. The normalized spacial score (nSPS) is 10.6. The minimum absolute atomic E-state index is 1.10. The summed E-state index contributed by atoms with van der Waals surface area (Å²) in [6, 6.07) is 34.3. The van der Waals surface area contributed by atoms with Crippen molar-refractivity contribution in [2.24, 2.45) is 0 Å². The average Bonchev–Trinajstić information content (AvgIpc) is 2.71. The third-order valence-electron chi connectivity index (χ3n) is 4.85. The molecule has 4 rings (SSSR count). The van der Waals surface area contributed by atoms with Crippen molar-refractivity contribution >= 4 is 11.4 Å². The molecule has 1 N–H and O–H groups in total. The van der Waals surface area contributed by atoms with Gasteiger partial charge in [0.1, 0.15) is 0 Å². The molecule has 0 fully saturated rings. The lowest BCUT2D eigenvalue weighted by Gasteiger charge is -2.15. The van der Waals surface area contributed by atoms with Crippen LogP contribution in [0.1, 0.15) is 11.1 Å². The van der Waals surface area contributed by atoms with E-state index in [0.717, 1.165) is 11.4 Å². The van der Waals surface area contributed by atoms with Crippen molar-refractivity contribution in [2.75, 3.05) is 5.32 Å². The Hall–Kier alpha value is -3.32. The van der Waals surface area contributed by atoms with Crippen molar-refractivity contribution in [2.45, 2.75) is 13.8 Å². The van der Waals surface area contributed by atoms with Gasteiger partial charge < -0.3 is 5.32 Å². The summed E-state index contributed by atoms with van der Waals surface area (Å²) in [5.41, 5.74) is 9.71. The third kappa shape index (κ3) is 3.78. The maximum absolute atomic E-state index is 3.59. The Kier molecular flexibility index (Phi) is 4.76. The highest BCUT2D eigenvalue weighted by molar-refractivity contribution is 5.86. The van der Waals surface area contributed by atoms with E-state index in [1.165, 1.54) is 33.4 Å². The molecule has 0 spiro atoms. The lowest BCUT2D eigenvalue weighted by Crippen LogP contribution is -1.95. The molecule has 0 heterocycles. The highest BCUT2D eigenvalue weighted by Crippen LogP contribution is 2.35. The lowest BCUT2D eigenvalue weighted by atomic mass is 9.94. The summed E-state index contributed by atoms with van der Waals surface area (Å²) in [6.45, 7) is 4.27. The van der Waals surface area contributed by atoms with Gasteiger partial charge in [0.25, 0.3) is 0 Å². The van der Waals surface area contributed by atoms with E-state index in [-0.39, 0.29) is 0 Å². The van der Waals surface area contributed by atoms with E-state index in [1.54, 1.807) is 0 Å². The average molecular weight is 349 g/mol. The Bertz CT molecular complexity index is 1050. The summed E-state index contributed by atoms with van der Waals surface area (Å²) in [4.78, 5) is 0. The highest BCUT2D eigenvalue weighted by atomic mass is 14.9. The van der Waals surface area contributed by atoms with Gasteiger partial charge in [-0.2, -0.15) is 0 Å². The molecule has 0 amide bonds. The second kappa shape index (κ2) is 7.51. The predicted octanol–water partition coefficient (Wildman–Crippen LogP) is 7.38. The molecule has 0 saturated heterocycles. The molecule has 0 aromatic heterocycles. The van der Waals surface area contributed by atoms with E-state index in [1.807, 2.05) is 0 Å². The number of anilines is 2. The Morgan fingerprint density at radius 1 is 0.556 bits per heavy atom. The first-order chi connectivity index (χ1) is 13.2. The number of aryl methyl sites for hydroxylation is 2. The van der Waals surface area contributed by atoms with Crippen molar-refractivity contribution in [1.29, 1.82) is 0 Å². The molecule has 0 aliphatic rings. The van der Waals surface area contributed by atoms with Crippen molar-refractivity contribution < 1.29 is 0 Å². The van der Waals surface area contributed by atoms with Crippen LogP contribution < -0.4 is 5.32 Å². The molecule has 1 heteroatoms. The first-order valence-corrected chi connectivity index (χ1v) is 9.30. The van der Waals surface area contributed by atoms with Gasteiger partial charge in [-0.25, -0.2) is 0 Å². The molecular formula is C26H23N. The van der Waals surface area contributed by atoms with Crippen molar-refractivity contribution in [3.05, 3.63) is 108 Å². The molecule has 4 aromatic rings. The molecular weight excluding hydrogens is 326 g/mol. The maximum Gasteiger partial charge on any atom is 0.0414 e. The Balaban J connectivity index is 1.79. The fraction of sp³-hybridized carbons (Fsp3) is 0.0769. The summed E-state index contributed by atoms with van der Waals surface area (Å²) in [5.74, 6) is 0. The molecule has 0 saturated carbocycles. The summed E-state index contributed by atoms with van der Waals surface area (Å²) in [7, 11) is 0. The first-order valence-electron chi connectivity index (χ1n) is 9.30. The minimum atomic E-state index is 1.10. The van der Waals surface area contributed by atoms with Crippen LogP contribution in [0.3, 0.4) is 0 Å². The number of rotatable bonds is 4. The van der Waals surface area contributed by atoms with Gasteiger partial charge in [-0.3, -0.25) is 0 Å². The second-order valence-corrected chi connectivity index (χ2v) is 6.94. The third-order valence-corrected chi connectivity index (χ3v) is 4.85. The molecule has 4 aromatic carbocycles. The van der Waals surface area contributed by atoms with Gasteiger partial charge in [0.2, 0.25) is 0 Å². The van der Waals surface area contributed by atoms with E-state index < -0.39 is 0 Å². The molecule has 1 nitrogen and oxygen atoms in total. The smallest absolute Gasteiger partial charge is 0.0414 e. The lowest BCUT2D eigenvalue weighted by molar-refractivity contribution is 1.37. The zero-order valence-corrected chi connectivity index (χ0v) is 15.7. The molecule has 0 aliphatic heterocycles. The van der Waals surface area contributed by atoms with E-state index >= 15 is 0 Å². The van der Waals surface area contributed by atoms with Crippen LogP contribution in [0.25, 0.3) is 22.3 Å². The van der Waals surface area contributed by atoms with Crippen LogP contribution in [0.15, 0.2) is 97.1 Å². The molecule has 0 aliphatic carbocycles. The summed E-state index contributed by atoms with van der Waals surface area (Å²) in [6.07, 6.45) is 0. The van der Waals surface area contributed by atoms with Gasteiger partial charge in [0.15, 0.2) is 0 Å². The van der Waals surface area contributed by atoms with E-state index in [0.29, 0.717) is 0 Å². The molecule has 0 radical (unpaired) electrons. The molecule has 132 valence electrons. The fourth-order valence-electron chi connectivity index (χ4n) is 3.46. The number of nitrogens with one attached hydrogen (secondary N) is 1. The van der Waals surface area contributed by atoms with Crippen molar-refractivity contribution in [3.63, 3.8) is 0 Å². The Morgan fingerprint density at radius 3 is 1.81 bits per heavy atom. The van der Waals surface area contributed by atoms with Gasteiger partial charge in [0.05, 0.1) is 0 Å². The largest absolute Gasteiger partial charge is 0.355 e. The summed E-state index contributed by atoms with van der Waals surface area (Å²) in [5, 5.41) is 3.59. The Labute approximate surface area is 161 Å². The van der Waals surface area contributed by atoms with Crippen LogP contribution in [0.5, 0.6) is 0 Å². The second-order valence-electron chi connectivity index (χ2n) is 6.94. The monoisotopic (exact) mass is 349 g/mol. The number of benzene rings is 4. The number of hydrogen-bond donors (Lipinski definition) is 1. The molecule has 0 bridgehead atoms.